The number of hydrogen-bond donors (Lipinski definition) is 1. The number of methoxy groups -OCH3 is 1. The lowest BCUT2D eigenvalue weighted by Crippen LogP contribution is -2.44. The van der Waals surface area contributed by atoms with E-state index >= 15 is 0 Å². The van der Waals surface area contributed by atoms with Crippen molar-refractivity contribution in [3.63, 3.8) is 0 Å². The summed E-state index contributed by atoms with van der Waals surface area (Å²) >= 11 is 0. The first-order chi connectivity index (χ1) is 11.7. The summed E-state index contributed by atoms with van der Waals surface area (Å²) in [7, 11) is 1.61. The maximum Gasteiger partial charge on any atom is 0.317 e. The molecular formula is C18H28N2O4. The summed E-state index contributed by atoms with van der Waals surface area (Å²) in [6.45, 7) is 6.91. The van der Waals surface area contributed by atoms with E-state index in [0.29, 0.717) is 37.9 Å². The molecule has 0 unspecified atom stereocenters. The van der Waals surface area contributed by atoms with E-state index in [-0.39, 0.29) is 12.1 Å². The molecule has 2 amide bonds. The molecule has 1 atom stereocenters. The van der Waals surface area contributed by atoms with Crippen LogP contribution in [0.1, 0.15) is 32.3 Å². The number of ether oxygens (including phenoxy) is 3. The molecule has 1 heterocycles. The van der Waals surface area contributed by atoms with Gasteiger partial charge in [0.25, 0.3) is 0 Å². The number of para-hydroxylation sites is 1. The zero-order valence-electron chi connectivity index (χ0n) is 14.8. The predicted octanol–water partition coefficient (Wildman–Crippen LogP) is 2.80. The third-order valence-corrected chi connectivity index (χ3v) is 4.15. The Bertz CT molecular complexity index is 536. The molecule has 1 aromatic rings. The molecule has 1 fully saturated rings. The Hall–Kier alpha value is -1.95. The lowest BCUT2D eigenvalue weighted by atomic mass is 10.2. The molecule has 0 spiro atoms. The van der Waals surface area contributed by atoms with Crippen LogP contribution >= 0.6 is 0 Å². The summed E-state index contributed by atoms with van der Waals surface area (Å²) in [6.07, 6.45) is 2.02. The van der Waals surface area contributed by atoms with Crippen LogP contribution in [-0.2, 0) is 11.3 Å². The molecule has 6 heteroatoms. The van der Waals surface area contributed by atoms with E-state index < -0.39 is 0 Å². The number of hydrogen-bond acceptors (Lipinski definition) is 4. The third kappa shape index (κ3) is 4.54. The van der Waals surface area contributed by atoms with Gasteiger partial charge in [0.15, 0.2) is 11.5 Å². The molecule has 1 saturated heterocycles. The second-order valence-corrected chi connectivity index (χ2v) is 5.69. The number of carbonyl (C=O) groups is 1. The smallest absolute Gasteiger partial charge is 0.317 e. The van der Waals surface area contributed by atoms with Crippen molar-refractivity contribution >= 4 is 6.03 Å². The first-order valence-corrected chi connectivity index (χ1v) is 8.62. The van der Waals surface area contributed by atoms with Gasteiger partial charge in [-0.05, 0) is 32.8 Å². The summed E-state index contributed by atoms with van der Waals surface area (Å²) in [5.74, 6) is 1.37. The Morgan fingerprint density at radius 2 is 2.17 bits per heavy atom. The van der Waals surface area contributed by atoms with E-state index in [9.17, 15) is 4.79 Å². The molecule has 24 heavy (non-hydrogen) atoms. The van der Waals surface area contributed by atoms with Crippen LogP contribution in [0.2, 0.25) is 0 Å². The highest BCUT2D eigenvalue weighted by Gasteiger charge is 2.28. The van der Waals surface area contributed by atoms with Gasteiger partial charge in [-0.3, -0.25) is 0 Å². The number of likely N-dealkylation sites (tertiary alicyclic amines) is 1. The Balaban J connectivity index is 1.98. The van der Waals surface area contributed by atoms with E-state index in [2.05, 4.69) is 5.32 Å². The van der Waals surface area contributed by atoms with Crippen LogP contribution in [0.25, 0.3) is 0 Å². The van der Waals surface area contributed by atoms with Crippen molar-refractivity contribution in [3.8, 4) is 11.5 Å². The van der Waals surface area contributed by atoms with E-state index in [0.717, 1.165) is 24.9 Å². The summed E-state index contributed by atoms with van der Waals surface area (Å²) in [6, 6.07) is 5.81. The molecule has 0 aliphatic carbocycles. The number of urea groups is 1. The molecule has 134 valence electrons. The lowest BCUT2D eigenvalue weighted by molar-refractivity contribution is 0.0939. The second kappa shape index (κ2) is 9.37. The molecule has 0 radical (unpaired) electrons. The minimum absolute atomic E-state index is 0.0533. The molecule has 2 rings (SSSR count). The van der Waals surface area contributed by atoms with Gasteiger partial charge in [0.05, 0.1) is 26.4 Å². The lowest BCUT2D eigenvalue weighted by Gasteiger charge is -2.25. The van der Waals surface area contributed by atoms with E-state index in [4.69, 9.17) is 14.2 Å². The average Bonchev–Trinajstić information content (AvgIpc) is 3.07. The topological polar surface area (TPSA) is 60.0 Å². The van der Waals surface area contributed by atoms with Crippen LogP contribution in [0, 0.1) is 0 Å². The SMILES string of the molecule is CCOC[C@H]1CCCN1C(=O)NCc1cccc(OC)c1OCC. The van der Waals surface area contributed by atoms with E-state index in [1.165, 1.54) is 0 Å². The van der Waals surface area contributed by atoms with Gasteiger partial charge in [-0.2, -0.15) is 0 Å². The standard InChI is InChI=1S/C18H28N2O4/c1-4-23-13-15-9-7-11-20(15)18(21)19-12-14-8-6-10-16(22-3)17(14)24-5-2/h6,8,10,15H,4-5,7,9,11-13H2,1-3H3,(H,19,21)/t15-/m1/s1. The molecule has 1 aliphatic heterocycles. The number of carbonyl (C=O) groups excluding carboxylic acids is 1. The van der Waals surface area contributed by atoms with Crippen molar-refractivity contribution < 1.29 is 19.0 Å². The first kappa shape index (κ1) is 18.4. The number of nitrogens with one attached hydrogen (secondary N) is 1. The Labute approximate surface area is 144 Å². The number of rotatable bonds is 8. The molecular weight excluding hydrogens is 308 g/mol. The molecule has 1 aliphatic rings. The predicted molar refractivity (Wildman–Crippen MR) is 92.6 cm³/mol. The summed E-state index contributed by atoms with van der Waals surface area (Å²) < 4.78 is 16.5. The highest BCUT2D eigenvalue weighted by Crippen LogP contribution is 2.31. The van der Waals surface area contributed by atoms with Gasteiger partial charge in [0, 0.05) is 25.3 Å². The quantitative estimate of drug-likeness (QED) is 0.793. The molecule has 0 aromatic heterocycles. The summed E-state index contributed by atoms with van der Waals surface area (Å²) in [5, 5.41) is 2.99. The van der Waals surface area contributed by atoms with Gasteiger partial charge in [0.2, 0.25) is 0 Å². The van der Waals surface area contributed by atoms with Gasteiger partial charge in [-0.1, -0.05) is 12.1 Å². The van der Waals surface area contributed by atoms with Crippen molar-refractivity contribution in [2.24, 2.45) is 0 Å². The van der Waals surface area contributed by atoms with Crippen LogP contribution in [-0.4, -0.2) is 50.4 Å². The highest BCUT2D eigenvalue weighted by atomic mass is 16.5. The van der Waals surface area contributed by atoms with Gasteiger partial charge < -0.3 is 24.4 Å². The maximum absolute atomic E-state index is 12.5. The Morgan fingerprint density at radius 3 is 2.88 bits per heavy atom. The fraction of sp³-hybridized carbons (Fsp3) is 0.611. The number of amides is 2. The fourth-order valence-corrected chi connectivity index (χ4v) is 2.97. The van der Waals surface area contributed by atoms with Crippen LogP contribution in [0.3, 0.4) is 0 Å². The zero-order valence-corrected chi connectivity index (χ0v) is 14.8. The normalized spacial score (nSPS) is 17.0. The summed E-state index contributed by atoms with van der Waals surface area (Å²) in [4.78, 5) is 14.4. The van der Waals surface area contributed by atoms with Crippen molar-refractivity contribution in [1.29, 1.82) is 0 Å². The first-order valence-electron chi connectivity index (χ1n) is 8.62. The molecule has 0 saturated carbocycles. The van der Waals surface area contributed by atoms with E-state index in [1.807, 2.05) is 36.9 Å². The Morgan fingerprint density at radius 1 is 1.33 bits per heavy atom. The van der Waals surface area contributed by atoms with Crippen molar-refractivity contribution in [3.05, 3.63) is 23.8 Å². The second-order valence-electron chi connectivity index (χ2n) is 5.69. The summed E-state index contributed by atoms with van der Waals surface area (Å²) in [5.41, 5.74) is 0.908. The Kier molecular flexibility index (Phi) is 7.18. The molecule has 1 aromatic carbocycles. The molecule has 1 N–H and O–H groups in total. The largest absolute Gasteiger partial charge is 0.493 e. The third-order valence-electron chi connectivity index (χ3n) is 4.15. The minimum Gasteiger partial charge on any atom is -0.493 e. The van der Waals surface area contributed by atoms with Crippen molar-refractivity contribution in [1.82, 2.24) is 10.2 Å². The average molecular weight is 336 g/mol. The number of benzene rings is 1. The maximum atomic E-state index is 12.5. The minimum atomic E-state index is -0.0533. The fourth-order valence-electron chi connectivity index (χ4n) is 2.97. The van der Waals surface area contributed by atoms with E-state index in [1.54, 1.807) is 7.11 Å². The number of nitrogens with zero attached hydrogens (tertiary/aromatic N) is 1. The van der Waals surface area contributed by atoms with Crippen LogP contribution in [0.15, 0.2) is 18.2 Å². The van der Waals surface area contributed by atoms with Crippen LogP contribution < -0.4 is 14.8 Å². The van der Waals surface area contributed by atoms with Gasteiger partial charge in [-0.15, -0.1) is 0 Å². The van der Waals surface area contributed by atoms with Gasteiger partial charge in [-0.25, -0.2) is 4.79 Å². The highest BCUT2D eigenvalue weighted by molar-refractivity contribution is 5.75. The monoisotopic (exact) mass is 336 g/mol. The van der Waals surface area contributed by atoms with Gasteiger partial charge in [0.1, 0.15) is 0 Å². The van der Waals surface area contributed by atoms with Crippen LogP contribution in [0.4, 0.5) is 4.79 Å². The molecule has 6 nitrogen and oxygen atoms in total. The van der Waals surface area contributed by atoms with Crippen molar-refractivity contribution in [2.45, 2.75) is 39.3 Å². The molecule has 0 bridgehead atoms. The van der Waals surface area contributed by atoms with Crippen molar-refractivity contribution in [2.75, 3.05) is 33.5 Å². The van der Waals surface area contributed by atoms with Crippen LogP contribution in [0.5, 0.6) is 11.5 Å². The van der Waals surface area contributed by atoms with Gasteiger partial charge >= 0.3 is 6.03 Å². The zero-order chi connectivity index (χ0) is 17.4.